The number of aliphatic hydroxyl groups excluding tert-OH is 1. The number of rotatable bonds is 4. The van der Waals surface area contributed by atoms with Crippen molar-refractivity contribution in [2.75, 3.05) is 0 Å². The second kappa shape index (κ2) is 5.42. The molecule has 0 amide bonds. The van der Waals surface area contributed by atoms with Crippen LogP contribution in [0.5, 0.6) is 0 Å². The van der Waals surface area contributed by atoms with Crippen LogP contribution in [0.3, 0.4) is 0 Å². The number of aromatic nitrogens is 2. The summed E-state index contributed by atoms with van der Waals surface area (Å²) in [5, 5.41) is 13.1. The van der Waals surface area contributed by atoms with Crippen molar-refractivity contribution in [1.29, 1.82) is 0 Å². The maximum Gasteiger partial charge on any atom is 0.227 e. The van der Waals surface area contributed by atoms with Crippen LogP contribution in [-0.4, -0.2) is 21.4 Å². The van der Waals surface area contributed by atoms with Gasteiger partial charge in [0, 0.05) is 16.5 Å². The van der Waals surface area contributed by atoms with E-state index in [0.29, 0.717) is 24.6 Å². The highest BCUT2D eigenvalue weighted by Gasteiger charge is 2.11. The van der Waals surface area contributed by atoms with Crippen molar-refractivity contribution in [3.8, 4) is 11.4 Å². The molecule has 1 heterocycles. The Hall–Kier alpha value is -1.20. The third kappa shape index (κ3) is 3.14. The number of halogens is 1. The predicted molar refractivity (Wildman–Crippen MR) is 67.4 cm³/mol. The van der Waals surface area contributed by atoms with E-state index in [4.69, 9.17) is 4.52 Å². The quantitative estimate of drug-likeness (QED) is 0.942. The molecule has 0 bridgehead atoms. The van der Waals surface area contributed by atoms with Gasteiger partial charge < -0.3 is 9.63 Å². The third-order valence-electron chi connectivity index (χ3n) is 2.36. The molecule has 1 unspecified atom stereocenters. The molecular weight excluding hydrogens is 284 g/mol. The van der Waals surface area contributed by atoms with E-state index in [9.17, 15) is 5.11 Å². The maximum atomic E-state index is 9.18. The van der Waals surface area contributed by atoms with Crippen LogP contribution in [0.25, 0.3) is 11.4 Å². The van der Waals surface area contributed by atoms with Crippen LogP contribution in [0.4, 0.5) is 0 Å². The highest BCUT2D eigenvalue weighted by molar-refractivity contribution is 9.10. The van der Waals surface area contributed by atoms with E-state index in [1.54, 1.807) is 6.92 Å². The topological polar surface area (TPSA) is 59.2 Å². The fraction of sp³-hybridized carbons (Fsp3) is 0.333. The molecule has 5 heteroatoms. The molecule has 0 aliphatic heterocycles. The summed E-state index contributed by atoms with van der Waals surface area (Å²) < 4.78 is 6.06. The predicted octanol–water partition coefficient (Wildman–Crippen LogP) is 2.81. The van der Waals surface area contributed by atoms with Gasteiger partial charge in [-0.25, -0.2) is 0 Å². The number of aliphatic hydroxyl groups is 1. The summed E-state index contributed by atoms with van der Waals surface area (Å²) in [6.07, 6.45) is 0.862. The summed E-state index contributed by atoms with van der Waals surface area (Å²) in [6.45, 7) is 1.74. The van der Waals surface area contributed by atoms with Gasteiger partial charge in [-0.05, 0) is 25.5 Å². The van der Waals surface area contributed by atoms with Crippen molar-refractivity contribution in [3.05, 3.63) is 34.6 Å². The van der Waals surface area contributed by atoms with E-state index in [0.717, 1.165) is 10.0 Å². The summed E-state index contributed by atoms with van der Waals surface area (Å²) in [4.78, 5) is 4.29. The number of nitrogens with zero attached hydrogens (tertiary/aromatic N) is 2. The molecule has 1 aromatic heterocycles. The van der Waals surface area contributed by atoms with E-state index in [2.05, 4.69) is 26.1 Å². The van der Waals surface area contributed by atoms with Crippen LogP contribution in [0, 0.1) is 0 Å². The van der Waals surface area contributed by atoms with Crippen molar-refractivity contribution in [2.24, 2.45) is 0 Å². The van der Waals surface area contributed by atoms with Gasteiger partial charge in [-0.15, -0.1) is 0 Å². The van der Waals surface area contributed by atoms with E-state index < -0.39 is 0 Å². The van der Waals surface area contributed by atoms with Gasteiger partial charge in [0.05, 0.1) is 6.10 Å². The Morgan fingerprint density at radius 1 is 1.41 bits per heavy atom. The Morgan fingerprint density at radius 3 is 2.88 bits per heavy atom. The van der Waals surface area contributed by atoms with E-state index >= 15 is 0 Å². The fourth-order valence-corrected chi connectivity index (χ4v) is 1.90. The fourth-order valence-electron chi connectivity index (χ4n) is 1.44. The molecule has 2 aromatic rings. The standard InChI is InChI=1S/C12H13BrN2O2/c1-8(16)6-7-11-14-12(15-17-11)9-4-2-3-5-10(9)13/h2-5,8,16H,6-7H2,1H3. The molecule has 0 radical (unpaired) electrons. The van der Waals surface area contributed by atoms with Crippen molar-refractivity contribution in [3.63, 3.8) is 0 Å². The first-order valence-electron chi connectivity index (χ1n) is 5.42. The minimum Gasteiger partial charge on any atom is -0.393 e. The highest BCUT2D eigenvalue weighted by Crippen LogP contribution is 2.25. The van der Waals surface area contributed by atoms with Crippen LogP contribution in [-0.2, 0) is 6.42 Å². The molecule has 90 valence electrons. The van der Waals surface area contributed by atoms with Crippen molar-refractivity contribution < 1.29 is 9.63 Å². The van der Waals surface area contributed by atoms with Crippen LogP contribution in [0.1, 0.15) is 19.2 Å². The molecule has 4 nitrogen and oxygen atoms in total. The van der Waals surface area contributed by atoms with Gasteiger partial charge in [-0.2, -0.15) is 4.98 Å². The molecule has 0 saturated heterocycles. The zero-order valence-corrected chi connectivity index (χ0v) is 11.0. The Kier molecular flexibility index (Phi) is 3.91. The molecule has 0 fully saturated rings. The van der Waals surface area contributed by atoms with Crippen molar-refractivity contribution in [1.82, 2.24) is 10.1 Å². The average Bonchev–Trinajstić information content (AvgIpc) is 2.75. The molecule has 1 aromatic carbocycles. The van der Waals surface area contributed by atoms with Gasteiger partial charge in [0.25, 0.3) is 0 Å². The second-order valence-electron chi connectivity index (χ2n) is 3.88. The lowest BCUT2D eigenvalue weighted by molar-refractivity contribution is 0.180. The normalized spacial score (nSPS) is 12.6. The lowest BCUT2D eigenvalue weighted by Crippen LogP contribution is -2.01. The van der Waals surface area contributed by atoms with Gasteiger partial charge in [-0.3, -0.25) is 0 Å². The Balaban J connectivity index is 2.16. The summed E-state index contributed by atoms with van der Waals surface area (Å²) >= 11 is 3.44. The van der Waals surface area contributed by atoms with E-state index in [1.165, 1.54) is 0 Å². The zero-order valence-electron chi connectivity index (χ0n) is 9.43. The first-order valence-corrected chi connectivity index (χ1v) is 6.21. The molecule has 0 aliphatic rings. The van der Waals surface area contributed by atoms with Crippen molar-refractivity contribution in [2.45, 2.75) is 25.9 Å². The number of hydrogen-bond donors (Lipinski definition) is 1. The highest BCUT2D eigenvalue weighted by atomic mass is 79.9. The maximum absolute atomic E-state index is 9.18. The molecule has 1 atom stereocenters. The largest absolute Gasteiger partial charge is 0.393 e. The van der Waals surface area contributed by atoms with E-state index in [-0.39, 0.29) is 6.10 Å². The Bertz CT molecular complexity index is 497. The molecular formula is C12H13BrN2O2. The lowest BCUT2D eigenvalue weighted by atomic mass is 10.2. The van der Waals surface area contributed by atoms with Crippen LogP contribution in [0.15, 0.2) is 33.3 Å². The van der Waals surface area contributed by atoms with Gasteiger partial charge in [0.15, 0.2) is 0 Å². The van der Waals surface area contributed by atoms with Gasteiger partial charge in [0.2, 0.25) is 11.7 Å². The summed E-state index contributed by atoms with van der Waals surface area (Å²) in [7, 11) is 0. The smallest absolute Gasteiger partial charge is 0.227 e. The van der Waals surface area contributed by atoms with Crippen molar-refractivity contribution >= 4 is 15.9 Å². The number of aryl methyl sites for hydroxylation is 1. The first-order chi connectivity index (χ1) is 8.16. The van der Waals surface area contributed by atoms with Gasteiger partial charge >= 0.3 is 0 Å². The SMILES string of the molecule is CC(O)CCc1nc(-c2ccccc2Br)no1. The summed E-state index contributed by atoms with van der Waals surface area (Å²) in [6, 6.07) is 7.71. The van der Waals surface area contributed by atoms with E-state index in [1.807, 2.05) is 24.3 Å². The minimum atomic E-state index is -0.353. The zero-order chi connectivity index (χ0) is 12.3. The Labute approximate surface area is 108 Å². The summed E-state index contributed by atoms with van der Waals surface area (Å²) in [5.74, 6) is 1.12. The monoisotopic (exact) mass is 296 g/mol. The van der Waals surface area contributed by atoms with Crippen LogP contribution >= 0.6 is 15.9 Å². The summed E-state index contributed by atoms with van der Waals surface area (Å²) in [5.41, 5.74) is 0.902. The molecule has 1 N–H and O–H groups in total. The molecule has 0 saturated carbocycles. The second-order valence-corrected chi connectivity index (χ2v) is 4.73. The lowest BCUT2D eigenvalue weighted by Gasteiger charge is -1.98. The average molecular weight is 297 g/mol. The van der Waals surface area contributed by atoms with Crippen LogP contribution in [0.2, 0.25) is 0 Å². The third-order valence-corrected chi connectivity index (χ3v) is 3.05. The molecule has 0 aliphatic carbocycles. The minimum absolute atomic E-state index is 0.353. The number of benzene rings is 1. The molecule has 0 spiro atoms. The Morgan fingerprint density at radius 2 is 2.18 bits per heavy atom. The van der Waals surface area contributed by atoms with Crippen LogP contribution < -0.4 is 0 Å². The van der Waals surface area contributed by atoms with Gasteiger partial charge in [-0.1, -0.05) is 33.2 Å². The molecule has 17 heavy (non-hydrogen) atoms. The molecule has 2 rings (SSSR count). The first kappa shape index (κ1) is 12.3. The number of hydrogen-bond acceptors (Lipinski definition) is 4. The van der Waals surface area contributed by atoms with Gasteiger partial charge in [0.1, 0.15) is 0 Å².